The first-order valence-electron chi connectivity index (χ1n) is 9.96. The van der Waals surface area contributed by atoms with Gasteiger partial charge in [-0.25, -0.2) is 0 Å². The number of nitriles is 1. The summed E-state index contributed by atoms with van der Waals surface area (Å²) < 4.78 is 12.3. The first-order valence-corrected chi connectivity index (χ1v) is 10.7. The first kappa shape index (κ1) is 23.1. The largest absolute Gasteiger partial charge is 0.493 e. The minimum Gasteiger partial charge on any atom is -0.493 e. The summed E-state index contributed by atoms with van der Waals surface area (Å²) in [5.41, 5.74) is 4.37. The third-order valence-corrected chi connectivity index (χ3v) is 5.61. The van der Waals surface area contributed by atoms with Crippen LogP contribution in [0.5, 0.6) is 11.5 Å². The van der Waals surface area contributed by atoms with Crippen LogP contribution in [0.2, 0.25) is 0 Å². The van der Waals surface area contributed by atoms with Crippen molar-refractivity contribution in [3.63, 3.8) is 0 Å². The predicted molar refractivity (Wildman–Crippen MR) is 130 cm³/mol. The zero-order valence-corrected chi connectivity index (χ0v) is 19.7. The lowest BCUT2D eigenvalue weighted by atomic mass is 10.1. The molecular formula is C26H23BrN2O3. The number of hydrogen-bond acceptors (Lipinski definition) is 4. The number of amides is 1. The van der Waals surface area contributed by atoms with Gasteiger partial charge in [-0.3, -0.25) is 4.79 Å². The summed E-state index contributed by atoms with van der Waals surface area (Å²) in [5, 5.41) is 12.3. The summed E-state index contributed by atoms with van der Waals surface area (Å²) in [7, 11) is 1.55. The molecule has 5 nitrogen and oxygen atoms in total. The molecule has 0 radical (unpaired) electrons. The van der Waals surface area contributed by atoms with E-state index in [1.165, 1.54) is 6.08 Å². The van der Waals surface area contributed by atoms with Crippen molar-refractivity contribution < 1.29 is 14.3 Å². The van der Waals surface area contributed by atoms with E-state index in [1.807, 2.05) is 62.4 Å². The Balaban J connectivity index is 1.77. The van der Waals surface area contributed by atoms with E-state index in [9.17, 15) is 10.1 Å². The highest BCUT2D eigenvalue weighted by Crippen LogP contribution is 2.30. The van der Waals surface area contributed by atoms with Crippen molar-refractivity contribution in [2.45, 2.75) is 20.5 Å². The Morgan fingerprint density at radius 1 is 1.09 bits per heavy atom. The molecule has 0 atom stereocenters. The van der Waals surface area contributed by atoms with E-state index in [0.717, 1.165) is 21.2 Å². The minimum absolute atomic E-state index is 0.00564. The molecule has 0 aliphatic rings. The number of methoxy groups -OCH3 is 1. The molecule has 0 fully saturated rings. The van der Waals surface area contributed by atoms with Crippen LogP contribution >= 0.6 is 15.9 Å². The van der Waals surface area contributed by atoms with Gasteiger partial charge in [-0.05, 0) is 55.3 Å². The molecule has 1 amide bonds. The van der Waals surface area contributed by atoms with Crippen molar-refractivity contribution in [2.24, 2.45) is 0 Å². The fourth-order valence-electron chi connectivity index (χ4n) is 3.12. The van der Waals surface area contributed by atoms with Crippen molar-refractivity contribution in [1.29, 1.82) is 5.26 Å². The molecule has 1 N–H and O–H groups in total. The first-order chi connectivity index (χ1) is 15.4. The fraction of sp³-hybridized carbons (Fsp3) is 0.154. The molecule has 0 aliphatic carbocycles. The Morgan fingerprint density at radius 3 is 2.56 bits per heavy atom. The van der Waals surface area contributed by atoms with E-state index in [2.05, 4.69) is 21.2 Å². The van der Waals surface area contributed by atoms with Crippen LogP contribution < -0.4 is 14.8 Å². The third-order valence-electron chi connectivity index (χ3n) is 4.83. The minimum atomic E-state index is -0.465. The van der Waals surface area contributed by atoms with Crippen molar-refractivity contribution in [3.8, 4) is 17.6 Å². The normalized spacial score (nSPS) is 10.9. The van der Waals surface area contributed by atoms with Gasteiger partial charge in [0.25, 0.3) is 5.91 Å². The van der Waals surface area contributed by atoms with Crippen molar-refractivity contribution in [1.82, 2.24) is 0 Å². The Kier molecular flexibility index (Phi) is 7.69. The molecule has 0 heterocycles. The van der Waals surface area contributed by atoms with Crippen LogP contribution in [0, 0.1) is 25.2 Å². The highest BCUT2D eigenvalue weighted by Gasteiger charge is 2.13. The second kappa shape index (κ2) is 10.7. The quantitative estimate of drug-likeness (QED) is 0.316. The van der Waals surface area contributed by atoms with Gasteiger partial charge in [0.1, 0.15) is 18.2 Å². The predicted octanol–water partition coefficient (Wildman–Crippen LogP) is 6.20. The Hall–Kier alpha value is -3.56. The highest BCUT2D eigenvalue weighted by atomic mass is 79.9. The average molecular weight is 491 g/mol. The third kappa shape index (κ3) is 5.77. The topological polar surface area (TPSA) is 71.3 Å². The number of anilines is 1. The summed E-state index contributed by atoms with van der Waals surface area (Å²) in [5.74, 6) is 0.615. The standard InChI is InChI=1S/C26H23BrN2O3/c1-17-8-10-23(18(2)12-17)29-26(30)21(15-28)13-19-9-11-24(25(14-19)31-3)32-16-20-6-4-5-7-22(20)27/h4-14H,16H2,1-3H3,(H,29,30)/b21-13+. The highest BCUT2D eigenvalue weighted by molar-refractivity contribution is 9.10. The van der Waals surface area contributed by atoms with Gasteiger partial charge in [-0.1, -0.05) is 57.9 Å². The zero-order chi connectivity index (χ0) is 23.1. The number of halogens is 1. The molecule has 162 valence electrons. The molecule has 0 saturated carbocycles. The van der Waals surface area contributed by atoms with E-state index in [-0.39, 0.29) is 5.57 Å². The molecule has 0 aromatic heterocycles. The lowest BCUT2D eigenvalue weighted by Crippen LogP contribution is -2.14. The van der Waals surface area contributed by atoms with Gasteiger partial charge in [-0.2, -0.15) is 5.26 Å². The molecule has 0 saturated heterocycles. The zero-order valence-electron chi connectivity index (χ0n) is 18.1. The summed E-state index contributed by atoms with van der Waals surface area (Å²) in [6, 6.07) is 20.8. The summed E-state index contributed by atoms with van der Waals surface area (Å²) in [6.45, 7) is 4.27. The molecule has 3 aromatic rings. The van der Waals surface area contributed by atoms with Crippen molar-refractivity contribution >= 4 is 33.6 Å². The summed E-state index contributed by atoms with van der Waals surface area (Å²) in [4.78, 5) is 12.6. The van der Waals surface area contributed by atoms with E-state index in [1.54, 1.807) is 25.3 Å². The van der Waals surface area contributed by atoms with E-state index in [0.29, 0.717) is 29.4 Å². The number of carbonyl (C=O) groups is 1. The maximum atomic E-state index is 12.6. The summed E-state index contributed by atoms with van der Waals surface area (Å²) >= 11 is 3.51. The van der Waals surface area contributed by atoms with Crippen LogP contribution in [0.25, 0.3) is 6.08 Å². The Labute approximate surface area is 196 Å². The van der Waals surface area contributed by atoms with Crippen molar-refractivity contribution in [3.05, 3.63) is 93.0 Å². The van der Waals surface area contributed by atoms with E-state index >= 15 is 0 Å². The van der Waals surface area contributed by atoms with Gasteiger partial charge in [0.05, 0.1) is 7.11 Å². The Bertz CT molecular complexity index is 1210. The summed E-state index contributed by atoms with van der Waals surface area (Å²) in [6.07, 6.45) is 1.53. The average Bonchev–Trinajstić information content (AvgIpc) is 2.79. The number of benzene rings is 3. The van der Waals surface area contributed by atoms with Gasteiger partial charge >= 0.3 is 0 Å². The number of aryl methyl sites for hydroxylation is 2. The second-order valence-electron chi connectivity index (χ2n) is 7.23. The van der Waals surface area contributed by atoms with Crippen LogP contribution in [0.15, 0.2) is 70.7 Å². The molecule has 0 aliphatic heterocycles. The number of hydrogen-bond donors (Lipinski definition) is 1. The fourth-order valence-corrected chi connectivity index (χ4v) is 3.52. The van der Waals surface area contributed by atoms with Gasteiger partial charge in [0.15, 0.2) is 11.5 Å². The van der Waals surface area contributed by atoms with E-state index in [4.69, 9.17) is 9.47 Å². The number of nitrogens with zero attached hydrogens (tertiary/aromatic N) is 1. The van der Waals surface area contributed by atoms with Crippen LogP contribution in [0.4, 0.5) is 5.69 Å². The van der Waals surface area contributed by atoms with Crippen LogP contribution in [-0.2, 0) is 11.4 Å². The lowest BCUT2D eigenvalue weighted by molar-refractivity contribution is -0.112. The molecule has 3 aromatic carbocycles. The SMILES string of the molecule is COc1cc(/C=C(\C#N)C(=O)Nc2ccc(C)cc2C)ccc1OCc1ccccc1Br. The molecule has 0 unspecified atom stereocenters. The smallest absolute Gasteiger partial charge is 0.266 e. The molecule has 3 rings (SSSR count). The number of carbonyl (C=O) groups excluding carboxylic acids is 1. The van der Waals surface area contributed by atoms with Crippen molar-refractivity contribution in [2.75, 3.05) is 12.4 Å². The number of rotatable bonds is 7. The monoisotopic (exact) mass is 490 g/mol. The van der Waals surface area contributed by atoms with Gasteiger partial charge in [-0.15, -0.1) is 0 Å². The second-order valence-corrected chi connectivity index (χ2v) is 8.09. The number of ether oxygens (including phenoxy) is 2. The van der Waals surface area contributed by atoms with Crippen LogP contribution in [0.3, 0.4) is 0 Å². The van der Waals surface area contributed by atoms with E-state index < -0.39 is 5.91 Å². The Morgan fingerprint density at radius 2 is 1.88 bits per heavy atom. The molecular weight excluding hydrogens is 468 g/mol. The van der Waals surface area contributed by atoms with Gasteiger partial charge in [0.2, 0.25) is 0 Å². The molecule has 0 spiro atoms. The van der Waals surface area contributed by atoms with Crippen LogP contribution in [0.1, 0.15) is 22.3 Å². The lowest BCUT2D eigenvalue weighted by Gasteiger charge is -2.12. The van der Waals surface area contributed by atoms with Gasteiger partial charge < -0.3 is 14.8 Å². The number of nitrogens with one attached hydrogen (secondary N) is 1. The molecule has 6 heteroatoms. The van der Waals surface area contributed by atoms with Crippen LogP contribution in [-0.4, -0.2) is 13.0 Å². The maximum absolute atomic E-state index is 12.6. The molecule has 0 bridgehead atoms. The maximum Gasteiger partial charge on any atom is 0.266 e. The molecule has 32 heavy (non-hydrogen) atoms. The van der Waals surface area contributed by atoms with Gasteiger partial charge in [0, 0.05) is 15.7 Å².